The summed E-state index contributed by atoms with van der Waals surface area (Å²) in [6.45, 7) is -1.91. The number of carbonyl (C=O) groups is 1. The van der Waals surface area contributed by atoms with E-state index in [0.717, 1.165) is 0 Å². The molecule has 0 aliphatic carbocycles. The van der Waals surface area contributed by atoms with Crippen molar-refractivity contribution in [3.8, 4) is 5.88 Å². The standard InChI is InChI=1S/C15H12F4N4O4/c16-9-4-10(12(20)11(5-9)23(25)26)13(24)22-6-8-2-1-3-21-14(8)27-7-15(17,18)19/h1-5H,6-7,20H2,(H,22,24). The molecule has 2 rings (SSSR count). The summed E-state index contributed by atoms with van der Waals surface area (Å²) in [6.07, 6.45) is -3.38. The molecule has 0 bridgehead atoms. The summed E-state index contributed by atoms with van der Waals surface area (Å²) in [4.78, 5) is 25.7. The number of aromatic nitrogens is 1. The number of pyridine rings is 1. The van der Waals surface area contributed by atoms with Gasteiger partial charge in [-0.15, -0.1) is 0 Å². The predicted octanol–water partition coefficient (Wildman–Crippen LogP) is 2.58. The normalized spacial score (nSPS) is 11.1. The van der Waals surface area contributed by atoms with Crippen LogP contribution in [0.4, 0.5) is 28.9 Å². The summed E-state index contributed by atoms with van der Waals surface area (Å²) in [6, 6.07) is 4.04. The van der Waals surface area contributed by atoms with E-state index >= 15 is 0 Å². The van der Waals surface area contributed by atoms with E-state index in [-0.39, 0.29) is 18.0 Å². The first-order valence-corrected chi connectivity index (χ1v) is 7.23. The lowest BCUT2D eigenvalue weighted by Gasteiger charge is -2.13. The molecule has 8 nitrogen and oxygen atoms in total. The van der Waals surface area contributed by atoms with Crippen LogP contribution in [0.3, 0.4) is 0 Å². The fraction of sp³-hybridized carbons (Fsp3) is 0.200. The summed E-state index contributed by atoms with van der Waals surface area (Å²) in [5.41, 5.74) is 3.82. The number of benzene rings is 1. The number of rotatable bonds is 6. The molecule has 0 fully saturated rings. The molecular weight excluding hydrogens is 376 g/mol. The van der Waals surface area contributed by atoms with Crippen molar-refractivity contribution in [1.29, 1.82) is 0 Å². The Kier molecular flexibility index (Phi) is 5.78. The molecule has 0 spiro atoms. The zero-order chi connectivity index (χ0) is 20.2. The number of hydrogen-bond donors (Lipinski definition) is 2. The maximum absolute atomic E-state index is 13.5. The van der Waals surface area contributed by atoms with E-state index in [4.69, 9.17) is 5.73 Å². The minimum Gasteiger partial charge on any atom is -0.468 e. The molecule has 0 aliphatic heterocycles. The Morgan fingerprint density at radius 2 is 2.07 bits per heavy atom. The Hall–Kier alpha value is -3.44. The van der Waals surface area contributed by atoms with Gasteiger partial charge in [-0.25, -0.2) is 9.37 Å². The van der Waals surface area contributed by atoms with E-state index in [1.165, 1.54) is 18.3 Å². The number of alkyl halides is 3. The fourth-order valence-corrected chi connectivity index (χ4v) is 2.05. The molecule has 2 aromatic rings. The van der Waals surface area contributed by atoms with Crippen molar-refractivity contribution in [2.45, 2.75) is 12.7 Å². The summed E-state index contributed by atoms with van der Waals surface area (Å²) < 4.78 is 54.9. The molecule has 27 heavy (non-hydrogen) atoms. The molecule has 0 saturated heterocycles. The molecule has 0 unspecified atom stereocenters. The number of nitrogens with one attached hydrogen (secondary N) is 1. The van der Waals surface area contributed by atoms with Gasteiger partial charge in [-0.3, -0.25) is 14.9 Å². The molecule has 12 heteroatoms. The van der Waals surface area contributed by atoms with E-state index in [2.05, 4.69) is 15.0 Å². The molecule has 1 aromatic heterocycles. The highest BCUT2D eigenvalue weighted by molar-refractivity contribution is 6.01. The second-order valence-electron chi connectivity index (χ2n) is 5.20. The van der Waals surface area contributed by atoms with Crippen molar-refractivity contribution in [3.63, 3.8) is 0 Å². The van der Waals surface area contributed by atoms with Crippen molar-refractivity contribution in [3.05, 3.63) is 57.5 Å². The molecule has 0 saturated carbocycles. The van der Waals surface area contributed by atoms with Crippen molar-refractivity contribution < 1.29 is 32.0 Å². The molecule has 1 aromatic carbocycles. The Bertz CT molecular complexity index is 873. The Morgan fingerprint density at radius 3 is 2.70 bits per heavy atom. The lowest BCUT2D eigenvalue weighted by molar-refractivity contribution is -0.384. The number of ether oxygens (including phenoxy) is 1. The van der Waals surface area contributed by atoms with E-state index in [0.29, 0.717) is 12.1 Å². The third-order valence-corrected chi connectivity index (χ3v) is 3.23. The number of hydrogen-bond acceptors (Lipinski definition) is 6. The van der Waals surface area contributed by atoms with Crippen LogP contribution in [0.1, 0.15) is 15.9 Å². The Morgan fingerprint density at radius 1 is 1.37 bits per heavy atom. The minimum absolute atomic E-state index is 0.111. The second-order valence-corrected chi connectivity index (χ2v) is 5.20. The number of carbonyl (C=O) groups excluding carboxylic acids is 1. The van der Waals surface area contributed by atoms with Crippen LogP contribution >= 0.6 is 0 Å². The van der Waals surface area contributed by atoms with Crippen LogP contribution in [-0.4, -0.2) is 28.6 Å². The molecule has 0 radical (unpaired) electrons. The topological polar surface area (TPSA) is 120 Å². The number of nitrogen functional groups attached to an aromatic ring is 1. The summed E-state index contributed by atoms with van der Waals surface area (Å²) in [5.74, 6) is -2.36. The van der Waals surface area contributed by atoms with Crippen molar-refractivity contribution in [1.82, 2.24) is 10.3 Å². The Balaban J connectivity index is 2.16. The van der Waals surface area contributed by atoms with Gasteiger partial charge in [0, 0.05) is 18.3 Å². The van der Waals surface area contributed by atoms with Crippen LogP contribution in [0.15, 0.2) is 30.5 Å². The second kappa shape index (κ2) is 7.85. The van der Waals surface area contributed by atoms with E-state index in [1.54, 1.807) is 0 Å². The van der Waals surface area contributed by atoms with E-state index in [1.807, 2.05) is 0 Å². The lowest BCUT2D eigenvalue weighted by atomic mass is 10.1. The van der Waals surface area contributed by atoms with Gasteiger partial charge in [-0.2, -0.15) is 13.2 Å². The largest absolute Gasteiger partial charge is 0.468 e. The van der Waals surface area contributed by atoms with Crippen LogP contribution < -0.4 is 15.8 Å². The van der Waals surface area contributed by atoms with E-state index in [9.17, 15) is 32.5 Å². The number of halogens is 4. The highest BCUT2D eigenvalue weighted by Gasteiger charge is 2.29. The monoisotopic (exact) mass is 388 g/mol. The first-order chi connectivity index (χ1) is 12.6. The number of nitrogens with zero attached hydrogens (tertiary/aromatic N) is 2. The van der Waals surface area contributed by atoms with Gasteiger partial charge in [0.05, 0.1) is 16.6 Å². The zero-order valence-corrected chi connectivity index (χ0v) is 13.4. The predicted molar refractivity (Wildman–Crippen MR) is 84.4 cm³/mol. The van der Waals surface area contributed by atoms with Gasteiger partial charge in [0.2, 0.25) is 5.88 Å². The van der Waals surface area contributed by atoms with Crippen molar-refractivity contribution in [2.24, 2.45) is 0 Å². The van der Waals surface area contributed by atoms with Crippen molar-refractivity contribution >= 4 is 17.3 Å². The quantitative estimate of drug-likeness (QED) is 0.340. The smallest absolute Gasteiger partial charge is 0.422 e. The number of amides is 1. The SMILES string of the molecule is Nc1c(C(=O)NCc2cccnc2OCC(F)(F)F)cc(F)cc1[N+](=O)[O-]. The maximum atomic E-state index is 13.5. The van der Waals surface area contributed by atoms with Crippen LogP contribution in [0.25, 0.3) is 0 Å². The molecular formula is C15H12F4N4O4. The van der Waals surface area contributed by atoms with Gasteiger partial charge in [-0.05, 0) is 12.1 Å². The average molecular weight is 388 g/mol. The molecule has 3 N–H and O–H groups in total. The highest BCUT2D eigenvalue weighted by Crippen LogP contribution is 2.27. The van der Waals surface area contributed by atoms with Crippen LogP contribution in [0.2, 0.25) is 0 Å². The lowest BCUT2D eigenvalue weighted by Crippen LogP contribution is -2.25. The molecule has 0 atom stereocenters. The van der Waals surface area contributed by atoms with E-state index < -0.39 is 46.4 Å². The zero-order valence-electron chi connectivity index (χ0n) is 13.4. The average Bonchev–Trinajstić information content (AvgIpc) is 2.59. The third-order valence-electron chi connectivity index (χ3n) is 3.23. The fourth-order valence-electron chi connectivity index (χ4n) is 2.05. The Labute approximate surface area is 149 Å². The third kappa shape index (κ3) is 5.26. The number of nitro groups is 1. The summed E-state index contributed by atoms with van der Waals surface area (Å²) >= 11 is 0. The van der Waals surface area contributed by atoms with Crippen LogP contribution in [-0.2, 0) is 6.54 Å². The number of nitrogens with two attached hydrogens (primary N) is 1. The molecule has 1 heterocycles. The number of nitro benzene ring substituents is 1. The number of anilines is 1. The van der Waals surface area contributed by atoms with Gasteiger partial charge in [0.25, 0.3) is 11.6 Å². The first kappa shape index (κ1) is 19.9. The van der Waals surface area contributed by atoms with Crippen molar-refractivity contribution in [2.75, 3.05) is 12.3 Å². The van der Waals surface area contributed by atoms with Gasteiger partial charge >= 0.3 is 6.18 Å². The first-order valence-electron chi connectivity index (χ1n) is 7.23. The molecule has 1 amide bonds. The maximum Gasteiger partial charge on any atom is 0.422 e. The molecule has 0 aliphatic rings. The van der Waals surface area contributed by atoms with Crippen LogP contribution in [0.5, 0.6) is 5.88 Å². The summed E-state index contributed by atoms with van der Waals surface area (Å²) in [7, 11) is 0. The van der Waals surface area contributed by atoms with Gasteiger partial charge in [-0.1, -0.05) is 6.07 Å². The molecule has 144 valence electrons. The minimum atomic E-state index is -4.58. The highest BCUT2D eigenvalue weighted by atomic mass is 19.4. The van der Waals surface area contributed by atoms with Gasteiger partial charge in [0.15, 0.2) is 6.61 Å². The van der Waals surface area contributed by atoms with Gasteiger partial charge < -0.3 is 15.8 Å². The van der Waals surface area contributed by atoms with Crippen LogP contribution in [0, 0.1) is 15.9 Å². The van der Waals surface area contributed by atoms with Gasteiger partial charge in [0.1, 0.15) is 11.5 Å². The summed E-state index contributed by atoms with van der Waals surface area (Å²) in [5, 5.41) is 13.1.